The van der Waals surface area contributed by atoms with E-state index in [4.69, 9.17) is 4.74 Å². The van der Waals surface area contributed by atoms with Crippen LogP contribution in [0.3, 0.4) is 0 Å². The zero-order valence-corrected chi connectivity index (χ0v) is 21.6. The lowest BCUT2D eigenvalue weighted by molar-refractivity contribution is -0.119. The van der Waals surface area contributed by atoms with E-state index in [1.807, 2.05) is 17.5 Å². The van der Waals surface area contributed by atoms with Gasteiger partial charge < -0.3 is 9.64 Å². The Labute approximate surface area is 224 Å². The van der Waals surface area contributed by atoms with E-state index in [9.17, 15) is 23.2 Å². The minimum Gasteiger partial charge on any atom is -0.482 e. The number of ether oxygens (including phenoxy) is 1. The van der Waals surface area contributed by atoms with Crippen molar-refractivity contribution in [3.05, 3.63) is 80.2 Å². The molecule has 4 aromatic rings. The fourth-order valence-electron chi connectivity index (χ4n) is 4.77. The zero-order valence-electron chi connectivity index (χ0n) is 20.8. The molecule has 0 unspecified atom stereocenters. The number of carbonyl (C=O) groups is 1. The van der Waals surface area contributed by atoms with Gasteiger partial charge in [0.1, 0.15) is 13.3 Å². The summed E-state index contributed by atoms with van der Waals surface area (Å²) in [4.78, 5) is 45.5. The van der Waals surface area contributed by atoms with E-state index in [1.54, 1.807) is 23.2 Å². The number of amides is 1. The number of halogens is 3. The number of aromatic nitrogens is 3. The quantitative estimate of drug-likeness (QED) is 0.291. The average molecular weight is 559 g/mol. The van der Waals surface area contributed by atoms with Crippen LogP contribution in [-0.4, -0.2) is 58.0 Å². The van der Waals surface area contributed by atoms with E-state index in [0.717, 1.165) is 33.7 Å². The number of hydrogen-bond donors (Lipinski definition) is 0. The van der Waals surface area contributed by atoms with Gasteiger partial charge in [-0.2, -0.15) is 0 Å². The monoisotopic (exact) mass is 558 g/mol. The number of benzene rings is 1. The van der Waals surface area contributed by atoms with Crippen LogP contribution in [0.25, 0.3) is 21.5 Å². The van der Waals surface area contributed by atoms with Gasteiger partial charge in [0.2, 0.25) is 6.41 Å². The molecular weight excluding hydrogens is 533 g/mol. The first-order chi connectivity index (χ1) is 18.9. The van der Waals surface area contributed by atoms with Gasteiger partial charge in [-0.25, -0.2) is 18.0 Å². The third-order valence-electron chi connectivity index (χ3n) is 6.81. The van der Waals surface area contributed by atoms with Gasteiger partial charge in [-0.3, -0.25) is 23.7 Å². The molecule has 0 saturated carbocycles. The second-order valence-electron chi connectivity index (χ2n) is 9.29. The fourth-order valence-corrected chi connectivity index (χ4v) is 5.47. The molecule has 39 heavy (non-hydrogen) atoms. The largest absolute Gasteiger partial charge is 0.482 e. The summed E-state index contributed by atoms with van der Waals surface area (Å²) in [6, 6.07) is 9.11. The number of carbonyl (C=O) groups excluding carboxylic acids is 1. The van der Waals surface area contributed by atoms with Gasteiger partial charge >= 0.3 is 5.69 Å². The first kappa shape index (κ1) is 26.7. The third-order valence-corrected chi connectivity index (χ3v) is 7.70. The van der Waals surface area contributed by atoms with Crippen LogP contribution >= 0.6 is 11.3 Å². The van der Waals surface area contributed by atoms with Gasteiger partial charge in [-0.05, 0) is 42.0 Å². The van der Waals surface area contributed by atoms with Gasteiger partial charge in [0.25, 0.3) is 5.56 Å². The first-order valence-corrected chi connectivity index (χ1v) is 13.3. The van der Waals surface area contributed by atoms with Crippen molar-refractivity contribution in [1.29, 1.82) is 0 Å². The highest BCUT2D eigenvalue weighted by atomic mass is 32.1. The second-order valence-corrected chi connectivity index (χ2v) is 10.2. The van der Waals surface area contributed by atoms with Crippen LogP contribution in [0, 0.1) is 5.82 Å². The van der Waals surface area contributed by atoms with E-state index in [-0.39, 0.29) is 17.4 Å². The highest BCUT2D eigenvalue weighted by Gasteiger charge is 2.26. The predicted octanol–water partition coefficient (Wildman–Crippen LogP) is 3.95. The van der Waals surface area contributed by atoms with Crippen molar-refractivity contribution in [3.8, 4) is 16.3 Å². The molecule has 0 bridgehead atoms. The Hall–Kier alpha value is -3.93. The van der Waals surface area contributed by atoms with Crippen molar-refractivity contribution in [2.24, 2.45) is 0 Å². The normalized spacial score (nSPS) is 14.3. The molecule has 12 heteroatoms. The number of likely N-dealkylation sites (tertiary alicyclic amines) is 1. The second kappa shape index (κ2) is 11.4. The molecule has 0 atom stereocenters. The molecule has 1 saturated heterocycles. The van der Waals surface area contributed by atoms with Crippen molar-refractivity contribution < 1.29 is 22.7 Å². The molecule has 1 aliphatic heterocycles. The maximum absolute atomic E-state index is 15.0. The molecule has 1 aliphatic rings. The molecule has 204 valence electrons. The Morgan fingerprint density at radius 1 is 1.13 bits per heavy atom. The van der Waals surface area contributed by atoms with E-state index in [0.29, 0.717) is 31.5 Å². The summed E-state index contributed by atoms with van der Waals surface area (Å²) < 4.78 is 48.7. The lowest BCUT2D eigenvalue weighted by Crippen LogP contribution is -2.44. The molecule has 0 aliphatic carbocycles. The highest BCUT2D eigenvalue weighted by molar-refractivity contribution is 7.13. The van der Waals surface area contributed by atoms with Gasteiger partial charge in [0.15, 0.2) is 17.7 Å². The lowest BCUT2D eigenvalue weighted by Gasteiger charge is -2.31. The molecule has 0 radical (unpaired) electrons. The smallest absolute Gasteiger partial charge is 0.332 e. The molecule has 0 spiro atoms. The van der Waals surface area contributed by atoms with Crippen LogP contribution in [0.15, 0.2) is 57.6 Å². The van der Waals surface area contributed by atoms with Crippen LogP contribution in [0.4, 0.5) is 13.2 Å². The van der Waals surface area contributed by atoms with E-state index < -0.39 is 48.3 Å². The summed E-state index contributed by atoms with van der Waals surface area (Å²) in [5.74, 6) is -1.42. The Morgan fingerprint density at radius 2 is 1.90 bits per heavy atom. The number of piperidine rings is 1. The summed E-state index contributed by atoms with van der Waals surface area (Å²) in [5.41, 5.74) is 0.0914. The highest BCUT2D eigenvalue weighted by Crippen LogP contribution is 2.28. The van der Waals surface area contributed by atoms with Crippen LogP contribution in [0.1, 0.15) is 24.4 Å². The minimum atomic E-state index is -1.52. The van der Waals surface area contributed by atoms with E-state index in [2.05, 4.69) is 4.98 Å². The maximum Gasteiger partial charge on any atom is 0.332 e. The first-order valence-electron chi connectivity index (χ1n) is 12.4. The molecule has 8 nitrogen and oxygen atoms in total. The number of fused-ring (bicyclic) bond motifs is 1. The number of nitrogens with zero attached hydrogens (tertiary/aromatic N) is 4. The molecule has 1 fully saturated rings. The van der Waals surface area contributed by atoms with Crippen molar-refractivity contribution in [2.45, 2.75) is 31.5 Å². The topological polar surface area (TPSA) is 86.4 Å². The number of alkyl halides is 2. The fraction of sp³-hybridized carbons (Fsp3) is 0.333. The molecule has 0 N–H and O–H groups in total. The van der Waals surface area contributed by atoms with Gasteiger partial charge in [-0.1, -0.05) is 12.1 Å². The van der Waals surface area contributed by atoms with Gasteiger partial charge in [-0.15, -0.1) is 11.3 Å². The Kier molecular flexibility index (Phi) is 7.82. The summed E-state index contributed by atoms with van der Waals surface area (Å²) in [5, 5.41) is 1.91. The van der Waals surface area contributed by atoms with Crippen LogP contribution in [-0.2, 0) is 11.3 Å². The van der Waals surface area contributed by atoms with E-state index in [1.165, 1.54) is 15.9 Å². The standard InChI is InChI=1S/C27H25F3N4O4S/c28-12-19(13-29)38-24-10-20-23(11-21(24)30)34(18-5-7-32(16-35)8-6-18)27(37)33(26(20)36)15-17-3-4-22(31-14-17)25-2-1-9-39-25/h1-4,9-11,14,16,18-19H,5-8,12-13,15H2. The molecular formula is C27H25F3N4O4S. The molecule has 1 amide bonds. The molecule has 4 heterocycles. The molecule has 3 aromatic heterocycles. The Balaban J connectivity index is 1.61. The molecule has 5 rings (SSSR count). The van der Waals surface area contributed by atoms with Crippen LogP contribution in [0.5, 0.6) is 5.75 Å². The Morgan fingerprint density at radius 3 is 2.51 bits per heavy atom. The maximum atomic E-state index is 15.0. The number of hydrogen-bond acceptors (Lipinski definition) is 6. The SMILES string of the molecule is O=CN1CCC(n2c(=O)n(Cc3ccc(-c4cccs4)nc3)c(=O)c3cc(OC(CF)CF)c(F)cc32)CC1. The van der Waals surface area contributed by atoms with Crippen molar-refractivity contribution >= 4 is 28.6 Å². The van der Waals surface area contributed by atoms with Gasteiger partial charge in [0.05, 0.1) is 28.0 Å². The van der Waals surface area contributed by atoms with Crippen LogP contribution < -0.4 is 16.0 Å². The average Bonchev–Trinajstić information content (AvgIpc) is 3.50. The summed E-state index contributed by atoms with van der Waals surface area (Å²) >= 11 is 1.54. The van der Waals surface area contributed by atoms with Crippen LogP contribution in [0.2, 0.25) is 0 Å². The number of pyridine rings is 1. The van der Waals surface area contributed by atoms with Crippen molar-refractivity contribution in [3.63, 3.8) is 0 Å². The lowest BCUT2D eigenvalue weighted by atomic mass is 10.0. The summed E-state index contributed by atoms with van der Waals surface area (Å²) in [7, 11) is 0. The third kappa shape index (κ3) is 5.33. The van der Waals surface area contributed by atoms with Gasteiger partial charge in [0, 0.05) is 31.4 Å². The predicted molar refractivity (Wildman–Crippen MR) is 141 cm³/mol. The Bertz CT molecular complexity index is 1580. The number of rotatable bonds is 9. The van der Waals surface area contributed by atoms with E-state index >= 15 is 4.39 Å². The van der Waals surface area contributed by atoms with Crippen molar-refractivity contribution in [2.75, 3.05) is 26.4 Å². The summed E-state index contributed by atoms with van der Waals surface area (Å²) in [6.07, 6.45) is 1.65. The number of thiophene rings is 1. The minimum absolute atomic E-state index is 0.0246. The zero-order chi connectivity index (χ0) is 27.5. The molecule has 1 aromatic carbocycles. The van der Waals surface area contributed by atoms with Crippen molar-refractivity contribution in [1.82, 2.24) is 19.0 Å². The summed E-state index contributed by atoms with van der Waals surface area (Å²) in [6.45, 7) is -1.66.